The summed E-state index contributed by atoms with van der Waals surface area (Å²) >= 11 is 0. The molecule has 0 heterocycles. The van der Waals surface area contributed by atoms with E-state index in [1.54, 1.807) is 4.90 Å². The minimum atomic E-state index is -1.04. The maximum Gasteiger partial charge on any atom is 0.321 e. The van der Waals surface area contributed by atoms with Crippen LogP contribution in [-0.4, -0.2) is 28.0 Å². The fourth-order valence-corrected chi connectivity index (χ4v) is 3.24. The average Bonchev–Trinajstić information content (AvgIpc) is 2.77. The zero-order chi connectivity index (χ0) is 21.2. The van der Waals surface area contributed by atoms with Crippen molar-refractivity contribution in [1.82, 2.24) is 4.90 Å². The summed E-state index contributed by atoms with van der Waals surface area (Å²) in [7, 11) is 0. The Morgan fingerprint density at radius 2 is 1.17 bits per heavy atom. The van der Waals surface area contributed by atoms with Gasteiger partial charge in [-0.3, -0.25) is 14.5 Å². The quantitative estimate of drug-likeness (QED) is 0.512. The van der Waals surface area contributed by atoms with E-state index < -0.39 is 18.0 Å². The van der Waals surface area contributed by atoms with Gasteiger partial charge in [0.05, 0.1) is 6.42 Å². The van der Waals surface area contributed by atoms with Crippen LogP contribution in [0.3, 0.4) is 0 Å². The highest BCUT2D eigenvalue weighted by atomic mass is 16.5. The lowest BCUT2D eigenvalue weighted by Gasteiger charge is -2.28. The lowest BCUT2D eigenvalue weighted by atomic mass is 10.1. The Hall–Kier alpha value is -3.44. The van der Waals surface area contributed by atoms with Gasteiger partial charge in [0.25, 0.3) is 0 Å². The summed E-state index contributed by atoms with van der Waals surface area (Å²) < 4.78 is 5.33. The van der Waals surface area contributed by atoms with Crippen LogP contribution in [-0.2, 0) is 34.0 Å². The van der Waals surface area contributed by atoms with Crippen molar-refractivity contribution in [2.75, 3.05) is 0 Å². The van der Waals surface area contributed by atoms with E-state index in [1.807, 2.05) is 91.0 Å². The summed E-state index contributed by atoms with van der Waals surface area (Å²) in [5, 5.41) is 9.88. The average molecular weight is 403 g/mol. The first-order valence-corrected chi connectivity index (χ1v) is 9.86. The Morgan fingerprint density at radius 1 is 0.733 bits per heavy atom. The van der Waals surface area contributed by atoms with Gasteiger partial charge in [0.1, 0.15) is 12.6 Å². The van der Waals surface area contributed by atoms with Crippen molar-refractivity contribution in [2.24, 2.45) is 0 Å². The number of hydrogen-bond donors (Lipinski definition) is 1. The van der Waals surface area contributed by atoms with Gasteiger partial charge in [-0.1, -0.05) is 91.0 Å². The molecule has 0 amide bonds. The molecule has 3 aromatic rings. The Bertz CT molecular complexity index is 888. The third kappa shape index (κ3) is 6.57. The fourth-order valence-electron chi connectivity index (χ4n) is 3.24. The van der Waals surface area contributed by atoms with E-state index in [0.29, 0.717) is 13.1 Å². The summed E-state index contributed by atoms with van der Waals surface area (Å²) in [5.74, 6) is -1.57. The number of hydrogen-bond acceptors (Lipinski definition) is 4. The second-order valence-electron chi connectivity index (χ2n) is 7.08. The molecule has 5 heteroatoms. The standard InChI is InChI=1S/C25H25NO4/c27-24(30-19-22-14-8-3-9-15-22)16-23(25(28)29)26(17-20-10-4-1-5-11-20)18-21-12-6-2-7-13-21/h1-15,23H,16-19H2,(H,28,29). The third-order valence-electron chi connectivity index (χ3n) is 4.79. The highest BCUT2D eigenvalue weighted by Gasteiger charge is 2.29. The van der Waals surface area contributed by atoms with Crippen molar-refractivity contribution in [3.63, 3.8) is 0 Å². The molecule has 0 spiro atoms. The SMILES string of the molecule is O=C(CC(C(=O)O)N(Cc1ccccc1)Cc1ccccc1)OCc1ccccc1. The number of ether oxygens (including phenoxy) is 1. The second-order valence-corrected chi connectivity index (χ2v) is 7.08. The number of carbonyl (C=O) groups is 2. The Morgan fingerprint density at radius 3 is 1.60 bits per heavy atom. The smallest absolute Gasteiger partial charge is 0.321 e. The van der Waals surface area contributed by atoms with Gasteiger partial charge in [-0.2, -0.15) is 0 Å². The number of carboxylic acid groups (broad SMARTS) is 1. The van der Waals surface area contributed by atoms with Crippen LogP contribution in [0.2, 0.25) is 0 Å². The van der Waals surface area contributed by atoms with Gasteiger partial charge in [0.2, 0.25) is 0 Å². The molecule has 0 aliphatic rings. The number of esters is 1. The topological polar surface area (TPSA) is 66.8 Å². The van der Waals surface area contributed by atoms with Crippen LogP contribution in [0.4, 0.5) is 0 Å². The van der Waals surface area contributed by atoms with Gasteiger partial charge < -0.3 is 9.84 Å². The third-order valence-corrected chi connectivity index (χ3v) is 4.79. The molecule has 0 bridgehead atoms. The minimum Gasteiger partial charge on any atom is -0.480 e. The summed E-state index contributed by atoms with van der Waals surface area (Å²) in [6, 6.07) is 27.6. The number of rotatable bonds is 10. The van der Waals surface area contributed by atoms with Gasteiger partial charge >= 0.3 is 11.9 Å². The van der Waals surface area contributed by atoms with Crippen molar-refractivity contribution in [1.29, 1.82) is 0 Å². The van der Waals surface area contributed by atoms with Crippen molar-refractivity contribution >= 4 is 11.9 Å². The van der Waals surface area contributed by atoms with E-state index in [9.17, 15) is 14.7 Å². The number of nitrogens with zero attached hydrogens (tertiary/aromatic N) is 1. The first kappa shape index (κ1) is 21.3. The van der Waals surface area contributed by atoms with E-state index in [-0.39, 0.29) is 13.0 Å². The van der Waals surface area contributed by atoms with Crippen molar-refractivity contribution < 1.29 is 19.4 Å². The van der Waals surface area contributed by atoms with Gasteiger partial charge in [-0.15, -0.1) is 0 Å². The molecule has 0 aliphatic carbocycles. The molecule has 30 heavy (non-hydrogen) atoms. The van der Waals surface area contributed by atoms with Crippen LogP contribution < -0.4 is 0 Å². The zero-order valence-corrected chi connectivity index (χ0v) is 16.7. The Balaban J connectivity index is 1.72. The molecule has 0 fully saturated rings. The molecule has 0 aromatic heterocycles. The van der Waals surface area contributed by atoms with Crippen molar-refractivity contribution in [2.45, 2.75) is 32.2 Å². The lowest BCUT2D eigenvalue weighted by molar-refractivity contribution is -0.154. The van der Waals surface area contributed by atoms with E-state index in [4.69, 9.17) is 4.74 Å². The number of benzene rings is 3. The highest BCUT2D eigenvalue weighted by molar-refractivity contribution is 5.81. The molecule has 0 aliphatic heterocycles. The predicted molar refractivity (Wildman–Crippen MR) is 114 cm³/mol. The van der Waals surface area contributed by atoms with E-state index in [1.165, 1.54) is 0 Å². The van der Waals surface area contributed by atoms with Gasteiger partial charge in [0.15, 0.2) is 0 Å². The molecule has 154 valence electrons. The number of carbonyl (C=O) groups excluding carboxylic acids is 1. The van der Waals surface area contributed by atoms with Gasteiger partial charge in [-0.25, -0.2) is 0 Å². The van der Waals surface area contributed by atoms with Crippen molar-refractivity contribution in [3.8, 4) is 0 Å². The molecule has 1 unspecified atom stereocenters. The minimum absolute atomic E-state index is 0.128. The van der Waals surface area contributed by atoms with Crippen LogP contribution in [0.5, 0.6) is 0 Å². The molecule has 1 N–H and O–H groups in total. The Labute approximate surface area is 176 Å². The molecule has 0 saturated heterocycles. The molecule has 0 saturated carbocycles. The molecule has 0 radical (unpaired) electrons. The monoisotopic (exact) mass is 403 g/mol. The zero-order valence-electron chi connectivity index (χ0n) is 16.7. The molecule has 5 nitrogen and oxygen atoms in total. The molecule has 3 rings (SSSR count). The predicted octanol–water partition coefficient (Wildman–Crippen LogP) is 4.28. The first-order valence-electron chi connectivity index (χ1n) is 9.86. The molecule has 3 aromatic carbocycles. The maximum atomic E-state index is 12.4. The maximum absolute atomic E-state index is 12.4. The van der Waals surface area contributed by atoms with Crippen LogP contribution in [0.15, 0.2) is 91.0 Å². The van der Waals surface area contributed by atoms with E-state index >= 15 is 0 Å². The molecular weight excluding hydrogens is 378 g/mol. The summed E-state index contributed by atoms with van der Waals surface area (Å²) in [5.41, 5.74) is 2.83. The first-order chi connectivity index (χ1) is 14.6. The van der Waals surface area contributed by atoms with Crippen molar-refractivity contribution in [3.05, 3.63) is 108 Å². The number of carboxylic acids is 1. The van der Waals surface area contributed by atoms with Gasteiger partial charge in [-0.05, 0) is 16.7 Å². The molecular formula is C25H25NO4. The summed E-state index contributed by atoms with van der Waals surface area (Å²) in [4.78, 5) is 26.3. The van der Waals surface area contributed by atoms with Crippen LogP contribution in [0, 0.1) is 0 Å². The van der Waals surface area contributed by atoms with E-state index in [0.717, 1.165) is 16.7 Å². The lowest BCUT2D eigenvalue weighted by Crippen LogP contribution is -2.42. The van der Waals surface area contributed by atoms with Crippen LogP contribution in [0.1, 0.15) is 23.1 Å². The normalized spacial score (nSPS) is 11.8. The van der Waals surface area contributed by atoms with Gasteiger partial charge in [0, 0.05) is 13.1 Å². The fraction of sp³-hybridized carbons (Fsp3) is 0.200. The second kappa shape index (κ2) is 10.9. The highest BCUT2D eigenvalue weighted by Crippen LogP contribution is 2.17. The van der Waals surface area contributed by atoms with Crippen LogP contribution in [0.25, 0.3) is 0 Å². The van der Waals surface area contributed by atoms with Crippen LogP contribution >= 0.6 is 0 Å². The molecule has 1 atom stereocenters. The summed E-state index contributed by atoms with van der Waals surface area (Å²) in [6.07, 6.45) is -0.220. The van der Waals surface area contributed by atoms with E-state index in [2.05, 4.69) is 0 Å². The largest absolute Gasteiger partial charge is 0.480 e. The number of aliphatic carboxylic acids is 1. The summed E-state index contributed by atoms with van der Waals surface area (Å²) in [6.45, 7) is 0.959. The Kier molecular flexibility index (Phi) is 7.75.